The number of fused-ring (bicyclic) bond motifs is 7. The van der Waals surface area contributed by atoms with E-state index in [9.17, 15) is 24.3 Å². The lowest BCUT2D eigenvalue weighted by molar-refractivity contribution is -0.200. The van der Waals surface area contributed by atoms with E-state index in [1.54, 1.807) is 6.92 Å². The van der Waals surface area contributed by atoms with Crippen LogP contribution in [0, 0.1) is 56.2 Å². The van der Waals surface area contributed by atoms with Crippen molar-refractivity contribution < 1.29 is 38.5 Å². The molecule has 0 radical (unpaired) electrons. The zero-order valence-corrected chi connectivity index (χ0v) is 27.9. The van der Waals surface area contributed by atoms with Crippen LogP contribution >= 0.6 is 0 Å². The average Bonchev–Trinajstić information content (AvgIpc) is 3.25. The topological polar surface area (TPSA) is 116 Å². The third kappa shape index (κ3) is 4.20. The molecule has 1 heterocycles. The second-order valence-corrected chi connectivity index (χ2v) is 17.3. The Hall–Kier alpha value is -2.38. The number of esters is 1. The molecule has 11 atom stereocenters. The Bertz CT molecular complexity index is 1320. The highest BCUT2D eigenvalue weighted by molar-refractivity contribution is 5.96. The molecule has 44 heavy (non-hydrogen) atoms. The molecular formula is C36H52O8. The van der Waals surface area contributed by atoms with E-state index in [0.29, 0.717) is 19.3 Å². The summed E-state index contributed by atoms with van der Waals surface area (Å²) < 4.78 is 15.9. The Morgan fingerprint density at radius 2 is 1.61 bits per heavy atom. The fourth-order valence-electron chi connectivity index (χ4n) is 11.7. The second-order valence-electron chi connectivity index (χ2n) is 17.3. The van der Waals surface area contributed by atoms with E-state index in [2.05, 4.69) is 41.5 Å². The summed E-state index contributed by atoms with van der Waals surface area (Å²) in [5, 5.41) is 10.2. The number of carboxylic acid groups (broad SMARTS) is 1. The molecule has 2 unspecified atom stereocenters. The number of hydrogen-bond acceptors (Lipinski definition) is 7. The van der Waals surface area contributed by atoms with Gasteiger partial charge in [-0.2, -0.15) is 0 Å². The lowest BCUT2D eigenvalue weighted by Gasteiger charge is -2.70. The largest absolute Gasteiger partial charge is 0.509 e. The second kappa shape index (κ2) is 9.81. The monoisotopic (exact) mass is 612 g/mol. The average molecular weight is 613 g/mol. The van der Waals surface area contributed by atoms with Gasteiger partial charge in [-0.3, -0.25) is 14.4 Å². The molecule has 5 aliphatic carbocycles. The van der Waals surface area contributed by atoms with E-state index < -0.39 is 29.7 Å². The zero-order valence-electron chi connectivity index (χ0n) is 27.9. The van der Waals surface area contributed by atoms with Gasteiger partial charge in [-0.05, 0) is 117 Å². The normalized spacial score (nSPS) is 49.2. The molecule has 6 aliphatic rings. The maximum absolute atomic E-state index is 14.6. The first-order chi connectivity index (χ1) is 20.3. The highest BCUT2D eigenvalue weighted by Crippen LogP contribution is 2.75. The highest BCUT2D eigenvalue weighted by atomic mass is 16.8. The number of aliphatic carboxylic acids is 1. The SMILES string of the molecule is CC1OC(=O)OC1COC(=O)[C@H]1CC[C@]2(C)[C@H]3C(=O)C=C4[C@@H]5C[C@@](C)(C(=O)O)CC[C@]5(C)CC[C@@]4(C)[C@]3(C)CC[C@H]2C1(C)C. The van der Waals surface area contributed by atoms with Gasteiger partial charge < -0.3 is 19.3 Å². The Kier molecular flexibility index (Phi) is 7.04. The number of ketones is 1. The number of carbonyl (C=O) groups excluding carboxylic acids is 3. The number of ether oxygens (including phenoxy) is 3. The van der Waals surface area contributed by atoms with E-state index in [-0.39, 0.29) is 69.1 Å². The number of hydrogen-bond donors (Lipinski definition) is 1. The van der Waals surface area contributed by atoms with Gasteiger partial charge in [-0.15, -0.1) is 0 Å². The van der Waals surface area contributed by atoms with Gasteiger partial charge in [-0.25, -0.2) is 4.79 Å². The van der Waals surface area contributed by atoms with E-state index in [1.165, 1.54) is 5.57 Å². The van der Waals surface area contributed by atoms with Gasteiger partial charge in [0, 0.05) is 5.92 Å². The van der Waals surface area contributed by atoms with Crippen molar-refractivity contribution in [3.63, 3.8) is 0 Å². The standard InChI is InChI=1S/C36H52O8/c1-20-25(44-30(41)43-20)19-42-28(38)21-9-11-34(6)26(31(21,2)3)10-12-36(8)27(34)24(37)17-22-23-18-33(5,29(39)40)14-13-32(23,4)15-16-35(22,36)7/h17,20-21,23,25-27H,9-16,18-19H2,1-8H3,(H,39,40)/t20?,21-,23+,25?,26+,27-,32-,33+,34+,35-,36-/m1/s1. The summed E-state index contributed by atoms with van der Waals surface area (Å²) in [6, 6.07) is 0. The van der Waals surface area contributed by atoms with Crippen LogP contribution in [0.15, 0.2) is 11.6 Å². The van der Waals surface area contributed by atoms with Crippen LogP contribution in [0.25, 0.3) is 0 Å². The van der Waals surface area contributed by atoms with E-state index >= 15 is 0 Å². The van der Waals surface area contributed by atoms with Crippen LogP contribution in [0.5, 0.6) is 0 Å². The first-order valence-electron chi connectivity index (χ1n) is 16.9. The molecule has 0 aromatic rings. The molecule has 1 saturated heterocycles. The first kappa shape index (κ1) is 31.6. The van der Waals surface area contributed by atoms with E-state index in [1.807, 2.05) is 13.0 Å². The lowest BCUT2D eigenvalue weighted by atomic mass is 9.33. The van der Waals surface area contributed by atoms with Crippen molar-refractivity contribution >= 4 is 23.9 Å². The van der Waals surface area contributed by atoms with Gasteiger partial charge in [0.1, 0.15) is 12.7 Å². The molecule has 8 heteroatoms. The summed E-state index contributed by atoms with van der Waals surface area (Å²) in [7, 11) is 0. The fourth-order valence-corrected chi connectivity index (χ4v) is 11.7. The van der Waals surface area contributed by atoms with Crippen molar-refractivity contribution in [2.45, 2.75) is 125 Å². The molecule has 244 valence electrons. The minimum absolute atomic E-state index is 0.0199. The molecule has 1 N–H and O–H groups in total. The van der Waals surface area contributed by atoms with Gasteiger partial charge in [-0.1, -0.05) is 47.1 Å². The number of allylic oxidation sites excluding steroid dienone is 2. The van der Waals surface area contributed by atoms with Crippen molar-refractivity contribution in [3.05, 3.63) is 11.6 Å². The first-order valence-corrected chi connectivity index (χ1v) is 16.9. The zero-order chi connectivity index (χ0) is 32.3. The summed E-state index contributed by atoms with van der Waals surface area (Å²) in [4.78, 5) is 52.0. The molecular weight excluding hydrogens is 560 g/mol. The molecule has 4 saturated carbocycles. The van der Waals surface area contributed by atoms with Crippen LogP contribution in [-0.4, -0.2) is 47.8 Å². The molecule has 8 nitrogen and oxygen atoms in total. The van der Waals surface area contributed by atoms with Crippen LogP contribution in [0.2, 0.25) is 0 Å². The summed E-state index contributed by atoms with van der Waals surface area (Å²) in [6.07, 6.45) is 7.64. The Morgan fingerprint density at radius 3 is 2.25 bits per heavy atom. The van der Waals surface area contributed by atoms with Gasteiger partial charge in [0.15, 0.2) is 11.9 Å². The fraction of sp³-hybridized carbons (Fsp3) is 0.833. The maximum Gasteiger partial charge on any atom is 0.509 e. The van der Waals surface area contributed by atoms with Crippen LogP contribution < -0.4 is 0 Å². The lowest BCUT2D eigenvalue weighted by Crippen LogP contribution is -2.66. The van der Waals surface area contributed by atoms with Crippen molar-refractivity contribution in [2.75, 3.05) is 6.61 Å². The summed E-state index contributed by atoms with van der Waals surface area (Å²) in [5.74, 6) is -1.01. The smallest absolute Gasteiger partial charge is 0.481 e. The van der Waals surface area contributed by atoms with Crippen LogP contribution in [0.4, 0.5) is 4.79 Å². The number of carbonyl (C=O) groups is 4. The number of rotatable bonds is 4. The van der Waals surface area contributed by atoms with Crippen molar-refractivity contribution in [1.82, 2.24) is 0 Å². The van der Waals surface area contributed by atoms with Crippen molar-refractivity contribution in [1.29, 1.82) is 0 Å². The van der Waals surface area contributed by atoms with E-state index in [4.69, 9.17) is 14.2 Å². The molecule has 0 spiro atoms. The summed E-state index contributed by atoms with van der Waals surface area (Å²) in [5.41, 5.74) is -0.625. The minimum atomic E-state index is -0.769. The van der Waals surface area contributed by atoms with Crippen LogP contribution in [-0.2, 0) is 28.6 Å². The summed E-state index contributed by atoms with van der Waals surface area (Å²) in [6.45, 7) is 17.3. The predicted octanol–water partition coefficient (Wildman–Crippen LogP) is 7.14. The third-order valence-electron chi connectivity index (χ3n) is 14.9. The number of cyclic esters (lactones) is 2. The molecule has 5 fully saturated rings. The van der Waals surface area contributed by atoms with Crippen LogP contribution in [0.1, 0.15) is 113 Å². The Balaban J connectivity index is 1.29. The number of carboxylic acids is 1. The quantitative estimate of drug-likeness (QED) is 0.333. The molecule has 0 amide bonds. The van der Waals surface area contributed by atoms with Gasteiger partial charge in [0.05, 0.1) is 11.3 Å². The van der Waals surface area contributed by atoms with Gasteiger partial charge in [0.2, 0.25) is 0 Å². The minimum Gasteiger partial charge on any atom is -0.481 e. The molecule has 6 rings (SSSR count). The van der Waals surface area contributed by atoms with Gasteiger partial charge >= 0.3 is 18.1 Å². The third-order valence-corrected chi connectivity index (χ3v) is 14.9. The Morgan fingerprint density at radius 1 is 0.932 bits per heavy atom. The maximum atomic E-state index is 14.6. The highest BCUT2D eigenvalue weighted by Gasteiger charge is 2.70. The Labute approximate surface area is 262 Å². The molecule has 0 aromatic carbocycles. The van der Waals surface area contributed by atoms with Crippen molar-refractivity contribution in [2.24, 2.45) is 56.2 Å². The van der Waals surface area contributed by atoms with Crippen LogP contribution in [0.3, 0.4) is 0 Å². The van der Waals surface area contributed by atoms with E-state index in [0.717, 1.165) is 38.5 Å². The molecule has 0 bridgehead atoms. The van der Waals surface area contributed by atoms with Gasteiger partial charge in [0.25, 0.3) is 0 Å². The van der Waals surface area contributed by atoms with Crippen molar-refractivity contribution in [3.8, 4) is 0 Å². The predicted molar refractivity (Wildman–Crippen MR) is 162 cm³/mol. The summed E-state index contributed by atoms with van der Waals surface area (Å²) >= 11 is 0. The molecule has 0 aromatic heterocycles. The molecule has 1 aliphatic heterocycles.